The predicted octanol–water partition coefficient (Wildman–Crippen LogP) is 5.13. The second-order valence-corrected chi connectivity index (χ2v) is 8.05. The Labute approximate surface area is 119 Å². The van der Waals surface area contributed by atoms with Crippen LogP contribution in [0, 0.1) is 5.92 Å². The van der Waals surface area contributed by atoms with Gasteiger partial charge in [0.25, 0.3) is 0 Å². The number of hydrogen-bond acceptors (Lipinski definition) is 2. The molecule has 1 aromatic rings. The van der Waals surface area contributed by atoms with Crippen molar-refractivity contribution >= 4 is 59.1 Å². The summed E-state index contributed by atoms with van der Waals surface area (Å²) in [6.45, 7) is 3.00. The molecule has 5 heteroatoms. The van der Waals surface area contributed by atoms with Crippen LogP contribution in [0.15, 0.2) is 14.3 Å². The van der Waals surface area contributed by atoms with Crippen molar-refractivity contribution in [3.8, 4) is 0 Å². The minimum atomic E-state index is 0.405. The molecule has 0 amide bonds. The summed E-state index contributed by atoms with van der Waals surface area (Å²) in [6, 6.07) is 2.18. The van der Waals surface area contributed by atoms with E-state index in [9.17, 15) is 0 Å². The zero-order valence-electron chi connectivity index (χ0n) is 8.17. The van der Waals surface area contributed by atoms with Crippen molar-refractivity contribution in [3.05, 3.63) is 19.2 Å². The van der Waals surface area contributed by atoms with Gasteiger partial charge in [-0.05, 0) is 51.3 Å². The summed E-state index contributed by atoms with van der Waals surface area (Å²) in [5.74, 6) is 0.595. The van der Waals surface area contributed by atoms with E-state index in [4.69, 9.17) is 4.74 Å². The molecule has 2 heterocycles. The van der Waals surface area contributed by atoms with Gasteiger partial charge in [-0.3, -0.25) is 0 Å². The Morgan fingerprint density at radius 2 is 2.27 bits per heavy atom. The molecule has 1 aliphatic heterocycles. The average molecular weight is 419 g/mol. The number of hydrogen-bond donors (Lipinski definition) is 0. The molecule has 1 fully saturated rings. The molecule has 0 bridgehead atoms. The van der Waals surface area contributed by atoms with Crippen molar-refractivity contribution in [1.29, 1.82) is 0 Å². The molecule has 2 rings (SSSR count). The van der Waals surface area contributed by atoms with E-state index in [1.54, 1.807) is 11.3 Å². The van der Waals surface area contributed by atoms with Gasteiger partial charge in [0.15, 0.2) is 0 Å². The molecular formula is C10H11Br3OS. The first-order chi connectivity index (χ1) is 7.08. The third-order valence-corrected chi connectivity index (χ3v) is 7.46. The van der Waals surface area contributed by atoms with Crippen LogP contribution in [-0.4, -0.2) is 12.7 Å². The van der Waals surface area contributed by atoms with E-state index in [0.717, 1.165) is 21.3 Å². The third kappa shape index (κ3) is 2.86. The van der Waals surface area contributed by atoms with Gasteiger partial charge in [-0.15, -0.1) is 11.3 Å². The molecule has 1 aromatic heterocycles. The van der Waals surface area contributed by atoms with Gasteiger partial charge in [0.05, 0.1) is 21.3 Å². The van der Waals surface area contributed by atoms with Crippen LogP contribution in [0.1, 0.15) is 23.0 Å². The quantitative estimate of drug-likeness (QED) is 0.604. The summed E-state index contributed by atoms with van der Waals surface area (Å²) < 4.78 is 7.90. The van der Waals surface area contributed by atoms with Crippen LogP contribution < -0.4 is 0 Å². The van der Waals surface area contributed by atoms with Crippen LogP contribution in [0.5, 0.6) is 0 Å². The Bertz CT molecular complexity index is 333. The van der Waals surface area contributed by atoms with Crippen molar-refractivity contribution in [1.82, 2.24) is 0 Å². The third-order valence-electron chi connectivity index (χ3n) is 2.58. The maximum atomic E-state index is 5.60. The monoisotopic (exact) mass is 416 g/mol. The lowest BCUT2D eigenvalue weighted by molar-refractivity contribution is 0.120. The smallest absolute Gasteiger partial charge is 0.0843 e. The van der Waals surface area contributed by atoms with Crippen molar-refractivity contribution in [3.63, 3.8) is 0 Å². The molecule has 1 saturated heterocycles. The Morgan fingerprint density at radius 3 is 2.73 bits per heavy atom. The molecule has 3 unspecified atom stereocenters. The number of thiophene rings is 1. The minimum absolute atomic E-state index is 0.405. The molecule has 0 aliphatic carbocycles. The van der Waals surface area contributed by atoms with Gasteiger partial charge in [0.2, 0.25) is 0 Å². The van der Waals surface area contributed by atoms with Crippen LogP contribution in [0.25, 0.3) is 0 Å². The van der Waals surface area contributed by atoms with Crippen LogP contribution in [-0.2, 0) is 4.74 Å². The number of halogens is 3. The maximum Gasteiger partial charge on any atom is 0.0843 e. The lowest BCUT2D eigenvalue weighted by Crippen LogP contribution is -2.06. The fourth-order valence-electron chi connectivity index (χ4n) is 1.79. The van der Waals surface area contributed by atoms with E-state index in [1.807, 2.05) is 0 Å². The van der Waals surface area contributed by atoms with Crippen LogP contribution in [0.3, 0.4) is 0 Å². The second-order valence-electron chi connectivity index (χ2n) is 3.81. The number of alkyl halides is 1. The highest BCUT2D eigenvalue weighted by Crippen LogP contribution is 2.44. The van der Waals surface area contributed by atoms with Crippen molar-refractivity contribution in [2.24, 2.45) is 5.92 Å². The first-order valence-corrected chi connectivity index (χ1v) is 8.10. The van der Waals surface area contributed by atoms with Crippen molar-refractivity contribution in [2.75, 3.05) is 6.61 Å². The van der Waals surface area contributed by atoms with Crippen LogP contribution in [0.4, 0.5) is 0 Å². The largest absolute Gasteiger partial charge is 0.378 e. The molecule has 0 radical (unpaired) electrons. The summed E-state index contributed by atoms with van der Waals surface area (Å²) >= 11 is 12.6. The van der Waals surface area contributed by atoms with Gasteiger partial charge in [-0.1, -0.05) is 15.9 Å². The van der Waals surface area contributed by atoms with Crippen LogP contribution in [0.2, 0.25) is 0 Å². The molecule has 0 spiro atoms. The average Bonchev–Trinajstić information content (AvgIpc) is 2.74. The minimum Gasteiger partial charge on any atom is -0.378 e. The Hall–Kier alpha value is 1.10. The highest BCUT2D eigenvalue weighted by molar-refractivity contribution is 9.13. The molecule has 1 aliphatic rings. The fraction of sp³-hybridized carbons (Fsp3) is 0.600. The zero-order chi connectivity index (χ0) is 11.0. The van der Waals surface area contributed by atoms with Crippen molar-refractivity contribution in [2.45, 2.75) is 24.3 Å². The molecule has 84 valence electrons. The summed E-state index contributed by atoms with van der Waals surface area (Å²) in [4.78, 5) is 1.77. The van der Waals surface area contributed by atoms with Crippen molar-refractivity contribution < 1.29 is 4.74 Å². The topological polar surface area (TPSA) is 9.23 Å². The zero-order valence-corrected chi connectivity index (χ0v) is 13.7. The van der Waals surface area contributed by atoms with E-state index in [0.29, 0.717) is 16.8 Å². The summed E-state index contributed by atoms with van der Waals surface area (Å²) in [7, 11) is 0. The lowest BCUT2D eigenvalue weighted by Gasteiger charge is -2.13. The number of rotatable bonds is 2. The van der Waals surface area contributed by atoms with Crippen LogP contribution >= 0.6 is 59.1 Å². The fourth-order valence-corrected chi connectivity index (χ4v) is 4.73. The van der Waals surface area contributed by atoms with Gasteiger partial charge in [-0.25, -0.2) is 0 Å². The molecule has 15 heavy (non-hydrogen) atoms. The van der Waals surface area contributed by atoms with Gasteiger partial charge in [0, 0.05) is 15.3 Å². The predicted molar refractivity (Wildman–Crippen MR) is 74.9 cm³/mol. The first kappa shape index (κ1) is 12.6. The van der Waals surface area contributed by atoms with E-state index in [2.05, 4.69) is 60.8 Å². The summed E-state index contributed by atoms with van der Waals surface area (Å²) in [5, 5.41) is 0. The lowest BCUT2D eigenvalue weighted by atomic mass is 10.0. The first-order valence-electron chi connectivity index (χ1n) is 4.78. The molecule has 1 nitrogen and oxygen atoms in total. The Morgan fingerprint density at radius 1 is 1.53 bits per heavy atom. The van der Waals surface area contributed by atoms with Gasteiger partial charge < -0.3 is 4.74 Å². The normalized spacial score (nSPS) is 28.3. The van der Waals surface area contributed by atoms with E-state index >= 15 is 0 Å². The highest BCUT2D eigenvalue weighted by Gasteiger charge is 2.30. The Balaban J connectivity index is 2.10. The molecule has 3 atom stereocenters. The SMILES string of the molecule is CC1CC(C(Br)c2cc(Br)c(Br)s2)CO1. The second kappa shape index (κ2) is 5.17. The molecular weight excluding hydrogens is 408 g/mol. The maximum absolute atomic E-state index is 5.60. The molecule has 0 saturated carbocycles. The van der Waals surface area contributed by atoms with Gasteiger partial charge >= 0.3 is 0 Å². The van der Waals surface area contributed by atoms with Gasteiger partial charge in [0.1, 0.15) is 0 Å². The highest BCUT2D eigenvalue weighted by atomic mass is 79.9. The van der Waals surface area contributed by atoms with Gasteiger partial charge in [-0.2, -0.15) is 0 Å². The molecule has 0 aromatic carbocycles. The summed E-state index contributed by atoms with van der Waals surface area (Å²) in [6.07, 6.45) is 1.55. The molecule has 0 N–H and O–H groups in total. The Kier molecular flexibility index (Phi) is 4.33. The standard InChI is InChI=1S/C10H11Br3OS/c1-5-2-6(4-14-5)9(12)8-3-7(11)10(13)15-8/h3,5-6,9H,2,4H2,1H3. The van der Waals surface area contributed by atoms with E-state index in [-0.39, 0.29) is 0 Å². The number of ether oxygens (including phenoxy) is 1. The summed E-state index contributed by atoms with van der Waals surface area (Å²) in [5.41, 5.74) is 0. The van der Waals surface area contributed by atoms with E-state index in [1.165, 1.54) is 4.88 Å². The van der Waals surface area contributed by atoms with E-state index < -0.39 is 0 Å².